The second-order valence-corrected chi connectivity index (χ2v) is 7.56. The quantitative estimate of drug-likeness (QED) is 0.754. The molecule has 5 nitrogen and oxygen atoms in total. The van der Waals surface area contributed by atoms with Crippen LogP contribution in [0.4, 0.5) is 4.39 Å². The van der Waals surface area contributed by atoms with Crippen LogP contribution in [0.15, 0.2) is 54.6 Å². The molecular formula is C18H21FN2O3S. The van der Waals surface area contributed by atoms with Crippen molar-refractivity contribution >= 4 is 15.9 Å². The van der Waals surface area contributed by atoms with Crippen molar-refractivity contribution in [3.8, 4) is 0 Å². The molecule has 2 aromatic carbocycles. The van der Waals surface area contributed by atoms with Gasteiger partial charge in [-0.25, -0.2) is 17.5 Å². The summed E-state index contributed by atoms with van der Waals surface area (Å²) < 4.78 is 38.6. The van der Waals surface area contributed by atoms with Crippen LogP contribution in [0.3, 0.4) is 0 Å². The summed E-state index contributed by atoms with van der Waals surface area (Å²) in [4.78, 5) is 12.1. The largest absolute Gasteiger partial charge is 0.356 e. The van der Waals surface area contributed by atoms with Crippen LogP contribution in [-0.4, -0.2) is 27.1 Å². The van der Waals surface area contributed by atoms with Gasteiger partial charge in [0.2, 0.25) is 15.9 Å². The van der Waals surface area contributed by atoms with Gasteiger partial charge < -0.3 is 5.32 Å². The molecule has 0 aliphatic heterocycles. The Morgan fingerprint density at radius 3 is 2.32 bits per heavy atom. The lowest BCUT2D eigenvalue weighted by molar-refractivity contribution is -0.121. The van der Waals surface area contributed by atoms with Gasteiger partial charge in [-0.05, 0) is 29.7 Å². The molecule has 25 heavy (non-hydrogen) atoms. The number of hydrogen-bond acceptors (Lipinski definition) is 3. The highest BCUT2D eigenvalue weighted by molar-refractivity contribution is 7.88. The van der Waals surface area contributed by atoms with Crippen LogP contribution in [0.2, 0.25) is 0 Å². The summed E-state index contributed by atoms with van der Waals surface area (Å²) in [6.07, 6.45) is 1.65. The van der Waals surface area contributed by atoms with Gasteiger partial charge in [-0.2, -0.15) is 0 Å². The average Bonchev–Trinajstić information content (AvgIpc) is 2.54. The highest BCUT2D eigenvalue weighted by Crippen LogP contribution is 2.18. The van der Waals surface area contributed by atoms with Crippen molar-refractivity contribution in [1.82, 2.24) is 10.0 Å². The molecule has 2 aromatic rings. The van der Waals surface area contributed by atoms with Gasteiger partial charge in [-0.1, -0.05) is 42.5 Å². The number of sulfonamides is 1. The predicted molar refractivity (Wildman–Crippen MR) is 94.9 cm³/mol. The van der Waals surface area contributed by atoms with Gasteiger partial charge in [0.25, 0.3) is 0 Å². The third kappa shape index (κ3) is 7.03. The zero-order valence-electron chi connectivity index (χ0n) is 13.9. The van der Waals surface area contributed by atoms with Gasteiger partial charge in [0.15, 0.2) is 0 Å². The lowest BCUT2D eigenvalue weighted by Gasteiger charge is -2.18. The van der Waals surface area contributed by atoms with Gasteiger partial charge >= 0.3 is 0 Å². The fourth-order valence-electron chi connectivity index (χ4n) is 2.43. The summed E-state index contributed by atoms with van der Waals surface area (Å²) in [5.74, 6) is -0.699. The van der Waals surface area contributed by atoms with E-state index in [2.05, 4.69) is 10.0 Å². The first-order valence-electron chi connectivity index (χ1n) is 7.87. The Bertz CT molecular complexity index is 793. The second-order valence-electron chi connectivity index (χ2n) is 5.78. The van der Waals surface area contributed by atoms with Gasteiger partial charge in [0.05, 0.1) is 12.3 Å². The topological polar surface area (TPSA) is 75.3 Å². The maximum Gasteiger partial charge on any atom is 0.221 e. The van der Waals surface area contributed by atoms with Crippen LogP contribution in [-0.2, 0) is 21.2 Å². The molecule has 0 radical (unpaired) electrons. The highest BCUT2D eigenvalue weighted by Gasteiger charge is 2.19. The normalized spacial score (nSPS) is 12.6. The van der Waals surface area contributed by atoms with Crippen molar-refractivity contribution in [2.75, 3.05) is 12.8 Å². The Balaban J connectivity index is 1.95. The number of amides is 1. The van der Waals surface area contributed by atoms with E-state index in [-0.39, 0.29) is 12.3 Å². The van der Waals surface area contributed by atoms with Crippen LogP contribution >= 0.6 is 0 Å². The van der Waals surface area contributed by atoms with Gasteiger partial charge in [0.1, 0.15) is 5.82 Å². The highest BCUT2D eigenvalue weighted by atomic mass is 32.2. The van der Waals surface area contributed by atoms with Crippen LogP contribution in [0.25, 0.3) is 0 Å². The Kier molecular flexibility index (Phi) is 6.66. The van der Waals surface area contributed by atoms with E-state index >= 15 is 0 Å². The molecule has 0 saturated heterocycles. The van der Waals surface area contributed by atoms with Gasteiger partial charge in [-0.15, -0.1) is 0 Å². The maximum absolute atomic E-state index is 13.1. The minimum atomic E-state index is -3.51. The van der Waals surface area contributed by atoms with Gasteiger partial charge in [-0.3, -0.25) is 4.79 Å². The molecule has 1 atom stereocenters. The van der Waals surface area contributed by atoms with E-state index in [1.165, 1.54) is 24.3 Å². The van der Waals surface area contributed by atoms with Crippen molar-refractivity contribution < 1.29 is 17.6 Å². The molecule has 0 aliphatic rings. The molecule has 2 N–H and O–H groups in total. The van der Waals surface area contributed by atoms with E-state index in [0.717, 1.165) is 11.8 Å². The summed E-state index contributed by atoms with van der Waals surface area (Å²) in [6, 6.07) is 14.4. The number of benzene rings is 2. The first-order chi connectivity index (χ1) is 11.8. The number of carbonyl (C=O) groups is 1. The zero-order chi connectivity index (χ0) is 18.3. The maximum atomic E-state index is 13.1. The van der Waals surface area contributed by atoms with Crippen LogP contribution in [0, 0.1) is 5.82 Å². The number of halogens is 1. The van der Waals surface area contributed by atoms with E-state index in [0.29, 0.717) is 18.5 Å². The number of rotatable bonds is 8. The summed E-state index contributed by atoms with van der Waals surface area (Å²) in [6.45, 7) is 0.456. The molecule has 0 fully saturated rings. The number of nitrogens with one attached hydrogen (secondary N) is 2. The van der Waals surface area contributed by atoms with E-state index in [1.807, 2.05) is 30.3 Å². The number of carbonyl (C=O) groups excluding carboxylic acids is 1. The van der Waals surface area contributed by atoms with E-state index in [1.54, 1.807) is 0 Å². The molecule has 0 bridgehead atoms. The molecule has 134 valence electrons. The third-order valence-corrected chi connectivity index (χ3v) is 4.31. The summed E-state index contributed by atoms with van der Waals surface area (Å²) in [5.41, 5.74) is 1.64. The first-order valence-corrected chi connectivity index (χ1v) is 9.76. The molecular weight excluding hydrogens is 343 g/mol. The van der Waals surface area contributed by atoms with E-state index < -0.39 is 21.9 Å². The minimum Gasteiger partial charge on any atom is -0.356 e. The van der Waals surface area contributed by atoms with E-state index in [4.69, 9.17) is 0 Å². The minimum absolute atomic E-state index is 0.0620. The molecule has 0 spiro atoms. The molecule has 0 aromatic heterocycles. The van der Waals surface area contributed by atoms with E-state index in [9.17, 15) is 17.6 Å². The van der Waals surface area contributed by atoms with Crippen molar-refractivity contribution in [3.63, 3.8) is 0 Å². The molecule has 1 amide bonds. The lowest BCUT2D eigenvalue weighted by atomic mass is 10.0. The smallest absolute Gasteiger partial charge is 0.221 e. The van der Waals surface area contributed by atoms with Crippen LogP contribution in [0.5, 0.6) is 0 Å². The van der Waals surface area contributed by atoms with Gasteiger partial charge in [0, 0.05) is 13.0 Å². The Labute approximate surface area is 147 Å². The first kappa shape index (κ1) is 19.1. The number of hydrogen-bond donors (Lipinski definition) is 2. The zero-order valence-corrected chi connectivity index (χ0v) is 14.7. The standard InChI is InChI=1S/C18H21FN2O3S/c1-25(23,24)21-17(15-7-9-16(19)10-8-15)13-18(22)20-12-11-14-5-3-2-4-6-14/h2-10,17,21H,11-13H2,1H3,(H,20,22)/t17-/m0/s1. The summed E-state index contributed by atoms with van der Waals surface area (Å²) in [5, 5.41) is 2.78. The third-order valence-electron chi connectivity index (χ3n) is 3.60. The van der Waals surface area contributed by atoms with Crippen molar-refractivity contribution in [1.29, 1.82) is 0 Å². The Hall–Kier alpha value is -2.25. The molecule has 0 heterocycles. The SMILES string of the molecule is CS(=O)(=O)N[C@@H](CC(=O)NCCc1ccccc1)c1ccc(F)cc1. The van der Waals surface area contributed by atoms with Crippen molar-refractivity contribution in [3.05, 3.63) is 71.5 Å². The Morgan fingerprint density at radius 1 is 1.08 bits per heavy atom. The second kappa shape index (κ2) is 8.73. The summed E-state index contributed by atoms with van der Waals surface area (Å²) >= 11 is 0. The van der Waals surface area contributed by atoms with Crippen molar-refractivity contribution in [2.45, 2.75) is 18.9 Å². The van der Waals surface area contributed by atoms with Crippen molar-refractivity contribution in [2.24, 2.45) is 0 Å². The lowest BCUT2D eigenvalue weighted by Crippen LogP contribution is -2.34. The average molecular weight is 364 g/mol. The fraction of sp³-hybridized carbons (Fsp3) is 0.278. The molecule has 7 heteroatoms. The molecule has 0 saturated carbocycles. The monoisotopic (exact) mass is 364 g/mol. The molecule has 0 aliphatic carbocycles. The predicted octanol–water partition coefficient (Wildman–Crippen LogP) is 2.17. The summed E-state index contributed by atoms with van der Waals surface area (Å²) in [7, 11) is -3.51. The molecule has 0 unspecified atom stereocenters. The fourth-order valence-corrected chi connectivity index (χ4v) is 3.17. The van der Waals surface area contributed by atoms with Crippen LogP contribution in [0.1, 0.15) is 23.6 Å². The molecule has 2 rings (SSSR count). The Morgan fingerprint density at radius 2 is 1.72 bits per heavy atom. The van der Waals surface area contributed by atoms with Crippen LogP contribution < -0.4 is 10.0 Å².